The molecule has 8 heteroatoms. The molecule has 0 saturated heterocycles. The highest BCUT2D eigenvalue weighted by Crippen LogP contribution is 2.52. The van der Waals surface area contributed by atoms with Gasteiger partial charge in [0.15, 0.2) is 13.2 Å². The van der Waals surface area contributed by atoms with Crippen LogP contribution in [0.2, 0.25) is 0 Å². The summed E-state index contributed by atoms with van der Waals surface area (Å²) >= 11 is 0. The quantitative estimate of drug-likeness (QED) is 0.0842. The van der Waals surface area contributed by atoms with Crippen molar-refractivity contribution in [2.75, 3.05) is 13.2 Å². The van der Waals surface area contributed by atoms with Crippen LogP contribution in [-0.4, -0.2) is 32.6 Å². The van der Waals surface area contributed by atoms with Crippen molar-refractivity contribution in [3.63, 3.8) is 0 Å². The van der Waals surface area contributed by atoms with E-state index in [0.29, 0.717) is 75.9 Å². The molecule has 0 atom stereocenters. The van der Waals surface area contributed by atoms with Gasteiger partial charge in [0.1, 0.15) is 29.6 Å². The van der Waals surface area contributed by atoms with Crippen LogP contribution in [0.5, 0.6) is 23.0 Å². The average Bonchev–Trinajstić information content (AvgIpc) is 1.67. The number of aromatic nitrogens is 2. The summed E-state index contributed by atoms with van der Waals surface area (Å²) < 4.78 is 42.9. The third-order valence-corrected chi connectivity index (χ3v) is 17.7. The second-order valence-corrected chi connectivity index (χ2v) is 30.6. The lowest BCUT2D eigenvalue weighted by molar-refractivity contribution is -0.0170. The maximum Gasteiger partial charge on any atom is 0.237 e. The van der Waals surface area contributed by atoms with E-state index in [2.05, 4.69) is 222 Å². The van der Waals surface area contributed by atoms with E-state index in [4.69, 9.17) is 0 Å². The van der Waals surface area contributed by atoms with Crippen molar-refractivity contribution in [3.8, 4) is 56.6 Å². The molecule has 10 aromatic rings. The van der Waals surface area contributed by atoms with Crippen LogP contribution in [0.4, 0.5) is 8.78 Å². The van der Waals surface area contributed by atoms with Crippen LogP contribution in [-0.2, 0) is 30.4 Å². The van der Waals surface area contributed by atoms with Gasteiger partial charge >= 0.3 is 0 Å². The van der Waals surface area contributed by atoms with Crippen LogP contribution in [0.3, 0.4) is 0 Å². The Morgan fingerprint density at radius 3 is 1.10 bits per heavy atom. The van der Waals surface area contributed by atoms with Gasteiger partial charge in [0.2, 0.25) is 11.5 Å². The van der Waals surface area contributed by atoms with Gasteiger partial charge in [-0.3, -0.25) is 0 Å². The van der Waals surface area contributed by atoms with Gasteiger partial charge in [0, 0.05) is 43.8 Å². The summed E-state index contributed by atoms with van der Waals surface area (Å²) in [6.45, 7) is 40.2. The molecule has 0 radical (unpaired) electrons. The fourth-order valence-electron chi connectivity index (χ4n) is 14.3. The molecule has 0 aliphatic heterocycles. The van der Waals surface area contributed by atoms with Crippen molar-refractivity contribution in [1.29, 1.82) is 0 Å². The third-order valence-electron chi connectivity index (χ3n) is 17.7. The lowest BCUT2D eigenvalue weighted by atomic mass is 9.71. The van der Waals surface area contributed by atoms with Crippen molar-refractivity contribution in [1.82, 2.24) is 9.13 Å². The molecule has 2 N–H and O–H groups in total. The highest BCUT2D eigenvalue weighted by Gasteiger charge is 2.35. The minimum absolute atomic E-state index is 0.0237. The summed E-state index contributed by atoms with van der Waals surface area (Å²) in [6.07, 6.45) is 2.15. The first-order chi connectivity index (χ1) is 40.4. The van der Waals surface area contributed by atoms with Gasteiger partial charge in [0.25, 0.3) is 0 Å². The molecule has 2 aromatic heterocycles. The number of benzene rings is 8. The molecular weight excluding hydrogens is 1080 g/mol. The van der Waals surface area contributed by atoms with Gasteiger partial charge in [-0.15, -0.1) is 0 Å². The molecule has 10 rings (SSSR count). The predicted molar refractivity (Wildman–Crippen MR) is 363 cm³/mol. The molecule has 0 aliphatic rings. The SMILES string of the molecule is [CH2-][O+](CCC[O+]([CH2-])c1c(C)cc(F)cc1-c1cc(C(C)(C)CC(C)(C)C)cc(-n2c3cc(C(C)(C)C)ccc3c3ccc(C(C)(C)C)cc32)c1O)c1c(C)cc(F)cc1-c1cc(C(C)(C)CC(C)(C)C)cc(-n2c3ccccc3c3ccccc32)c1O. The van der Waals surface area contributed by atoms with E-state index >= 15 is 8.78 Å². The number of fused-ring (bicyclic) bond motifs is 6. The Bertz CT molecular complexity index is 4170. The van der Waals surface area contributed by atoms with Gasteiger partial charge in [0.05, 0.1) is 44.6 Å². The molecule has 0 spiro atoms. The predicted octanol–water partition coefficient (Wildman–Crippen LogP) is 22.7. The summed E-state index contributed by atoms with van der Waals surface area (Å²) in [6, 6.07) is 44.3. The minimum Gasteiger partial charge on any atom is -0.711 e. The van der Waals surface area contributed by atoms with E-state index < -0.39 is 11.6 Å². The number of rotatable bonds is 14. The second kappa shape index (κ2) is 22.2. The Balaban J connectivity index is 1.08. The molecule has 0 bridgehead atoms. The van der Waals surface area contributed by atoms with E-state index in [9.17, 15) is 10.2 Å². The zero-order valence-electron chi connectivity index (χ0n) is 55.0. The Morgan fingerprint density at radius 1 is 0.402 bits per heavy atom. The lowest BCUT2D eigenvalue weighted by Crippen LogP contribution is -2.25. The van der Waals surface area contributed by atoms with Gasteiger partial charge in [-0.25, -0.2) is 8.78 Å². The van der Waals surface area contributed by atoms with Crippen LogP contribution < -0.4 is 0 Å². The lowest BCUT2D eigenvalue weighted by Gasteiger charge is -2.35. The van der Waals surface area contributed by atoms with E-state index in [-0.39, 0.29) is 44.0 Å². The zero-order valence-corrected chi connectivity index (χ0v) is 55.0. The van der Waals surface area contributed by atoms with Crippen LogP contribution in [0.15, 0.2) is 133 Å². The summed E-state index contributed by atoms with van der Waals surface area (Å²) in [5, 5.41) is 30.5. The van der Waals surface area contributed by atoms with Gasteiger partial charge in [-0.05, 0) is 168 Å². The first-order valence-corrected chi connectivity index (χ1v) is 30.9. The summed E-state index contributed by atoms with van der Waals surface area (Å²) in [5.41, 5.74) is 11.5. The third kappa shape index (κ3) is 12.1. The minimum atomic E-state index is -0.434. The van der Waals surface area contributed by atoms with Crippen molar-refractivity contribution in [2.24, 2.45) is 10.8 Å². The van der Waals surface area contributed by atoms with Crippen LogP contribution in [0.1, 0.15) is 163 Å². The number of hydrogen-bond donors (Lipinski definition) is 2. The highest BCUT2D eigenvalue weighted by molar-refractivity contribution is 6.11. The summed E-state index contributed by atoms with van der Waals surface area (Å²) in [7, 11) is 9.12. The average molecular weight is 1170 g/mol. The van der Waals surface area contributed by atoms with Crippen molar-refractivity contribution >= 4 is 43.6 Å². The molecule has 456 valence electrons. The molecule has 0 unspecified atom stereocenters. The van der Waals surface area contributed by atoms with Crippen molar-refractivity contribution < 1.29 is 27.7 Å². The topological polar surface area (TPSA) is 55.7 Å². The first kappa shape index (κ1) is 62.5. The Labute approximate surface area is 516 Å². The number of aromatic hydroxyl groups is 2. The van der Waals surface area contributed by atoms with Crippen molar-refractivity contribution in [2.45, 2.75) is 166 Å². The molecular formula is C79H92F2N2O4. The number of halogens is 2. The largest absolute Gasteiger partial charge is 0.711 e. The van der Waals surface area contributed by atoms with E-state index in [1.54, 1.807) is 0 Å². The van der Waals surface area contributed by atoms with Crippen molar-refractivity contribution in [3.05, 3.63) is 193 Å². The molecule has 8 aromatic carbocycles. The molecule has 0 saturated carbocycles. The van der Waals surface area contributed by atoms with Crippen LogP contribution in [0, 0.1) is 50.5 Å². The first-order valence-electron chi connectivity index (χ1n) is 30.9. The Kier molecular flexibility index (Phi) is 16.0. The van der Waals surface area contributed by atoms with E-state index in [1.807, 2.05) is 44.2 Å². The standard InChI is InChI=1S/C79H92F2N2O4/c1-48-36-54(80)44-62(60-38-52(78(15,16)46-74(3,4)5)42-68(70(60)84)82-64-28-23-21-26-56(64)57-27-22-24-29-65(57)82)72(48)86(19)34-25-35-87(20)73-49(2)37-55(81)45-63(73)61-39-53(79(17,18)47-75(6,7)8)43-69(71(61)85)83-66-40-50(76(9,10)11)30-32-58(66)59-33-31-51(41-67(59)83)77(12,13)14/h21-24,26-33,36-45,84-85H,19-20,25,34-35,46-47H2,1-18H3. The van der Waals surface area contributed by atoms with E-state index in [1.165, 1.54) is 35.4 Å². The number of phenols is 2. The molecule has 2 heterocycles. The monoisotopic (exact) mass is 1170 g/mol. The number of nitrogens with zero attached hydrogens (tertiary/aromatic N) is 2. The maximum atomic E-state index is 16.4. The smallest absolute Gasteiger partial charge is 0.237 e. The molecule has 6 nitrogen and oxygen atoms in total. The highest BCUT2D eigenvalue weighted by atomic mass is 19.1. The Morgan fingerprint density at radius 2 is 0.747 bits per heavy atom. The van der Waals surface area contributed by atoms with Gasteiger partial charge < -0.3 is 28.1 Å². The van der Waals surface area contributed by atoms with Crippen LogP contribution >= 0.6 is 0 Å². The van der Waals surface area contributed by atoms with Gasteiger partial charge in [-0.1, -0.05) is 171 Å². The number of para-hydroxylation sites is 2. The summed E-state index contributed by atoms with van der Waals surface area (Å²) in [5.74, 6) is 0.391. The number of aryl methyl sites for hydroxylation is 2. The fourth-order valence-corrected chi connectivity index (χ4v) is 14.3. The normalized spacial score (nSPS) is 13.0. The number of phenolic OH excluding ortho intramolecular Hbond substituents is 2. The fraction of sp³-hybridized carbons (Fsp3) is 0.367. The molecule has 0 amide bonds. The van der Waals surface area contributed by atoms with E-state index in [0.717, 1.165) is 67.6 Å². The van der Waals surface area contributed by atoms with Gasteiger partial charge in [-0.2, -0.15) is 0 Å². The Hall–Kier alpha value is -7.58. The molecule has 0 aliphatic carbocycles. The van der Waals surface area contributed by atoms with Crippen LogP contribution in [0.25, 0.3) is 77.2 Å². The zero-order chi connectivity index (χ0) is 63.4. The summed E-state index contributed by atoms with van der Waals surface area (Å²) in [4.78, 5) is 0. The molecule has 0 fully saturated rings. The number of hydrogen-bond acceptors (Lipinski definition) is 2. The molecule has 87 heavy (non-hydrogen) atoms. The maximum absolute atomic E-state index is 16.4. The second-order valence-electron chi connectivity index (χ2n) is 30.6.